The number of aromatic nitrogens is 2. The van der Waals surface area contributed by atoms with Crippen molar-refractivity contribution in [3.63, 3.8) is 0 Å². The largest absolute Gasteiger partial charge is 0.497 e. The number of nitrogens with one attached hydrogen (secondary N) is 1. The normalized spacial score (nSPS) is 10.2. The summed E-state index contributed by atoms with van der Waals surface area (Å²) in [4.78, 5) is 23.8. The maximum absolute atomic E-state index is 12.3. The molecular weight excluding hydrogens is 366 g/mol. The lowest BCUT2D eigenvalue weighted by atomic mass is 10.1. The van der Waals surface area contributed by atoms with Gasteiger partial charge in [0, 0.05) is 11.6 Å². The molecule has 144 valence electrons. The fourth-order valence-corrected chi connectivity index (χ4v) is 2.40. The van der Waals surface area contributed by atoms with Crippen LogP contribution in [-0.4, -0.2) is 43.4 Å². The van der Waals surface area contributed by atoms with Crippen LogP contribution in [0.4, 0.5) is 6.01 Å². The molecule has 0 atom stereocenters. The maximum Gasteiger partial charge on any atom is 0.337 e. The van der Waals surface area contributed by atoms with Crippen molar-refractivity contribution in [2.75, 3.05) is 26.6 Å². The zero-order valence-corrected chi connectivity index (χ0v) is 15.4. The smallest absolute Gasteiger partial charge is 0.337 e. The molecule has 0 aliphatic carbocycles. The predicted molar refractivity (Wildman–Crippen MR) is 98.6 cm³/mol. The van der Waals surface area contributed by atoms with E-state index in [-0.39, 0.29) is 11.9 Å². The highest BCUT2D eigenvalue weighted by molar-refractivity contribution is 6.03. The van der Waals surface area contributed by atoms with Gasteiger partial charge < -0.3 is 18.6 Å². The van der Waals surface area contributed by atoms with Crippen molar-refractivity contribution in [3.05, 3.63) is 53.6 Å². The molecule has 1 amide bonds. The third kappa shape index (κ3) is 3.93. The van der Waals surface area contributed by atoms with E-state index in [0.29, 0.717) is 28.2 Å². The number of carbonyl (C=O) groups excluding carboxylic acids is 2. The van der Waals surface area contributed by atoms with Gasteiger partial charge in [-0.3, -0.25) is 10.1 Å². The molecule has 0 aliphatic rings. The van der Waals surface area contributed by atoms with Crippen LogP contribution in [-0.2, 0) is 4.74 Å². The van der Waals surface area contributed by atoms with Crippen LogP contribution in [0, 0.1) is 0 Å². The standard InChI is InChI=1S/C19H17N3O6/c1-25-13-8-9-14(15(10-13)26-2)17-21-22-19(28-17)20-16(23)11-4-6-12(7-5-11)18(24)27-3/h4-10H,1-3H3,(H,20,22,23). The number of ether oxygens (including phenoxy) is 3. The summed E-state index contributed by atoms with van der Waals surface area (Å²) < 4.78 is 20.6. The third-order valence-corrected chi connectivity index (χ3v) is 3.85. The van der Waals surface area contributed by atoms with E-state index in [4.69, 9.17) is 13.9 Å². The van der Waals surface area contributed by atoms with E-state index in [1.54, 1.807) is 25.3 Å². The summed E-state index contributed by atoms with van der Waals surface area (Å²) in [5, 5.41) is 10.3. The van der Waals surface area contributed by atoms with Gasteiger partial charge in [0.15, 0.2) is 0 Å². The third-order valence-electron chi connectivity index (χ3n) is 3.85. The molecule has 3 aromatic rings. The topological polar surface area (TPSA) is 113 Å². The van der Waals surface area contributed by atoms with Crippen LogP contribution in [0.5, 0.6) is 11.5 Å². The van der Waals surface area contributed by atoms with Gasteiger partial charge in [0.25, 0.3) is 11.8 Å². The molecule has 0 saturated carbocycles. The maximum atomic E-state index is 12.3. The zero-order valence-electron chi connectivity index (χ0n) is 15.4. The summed E-state index contributed by atoms with van der Waals surface area (Å²) in [5.74, 6) is 0.328. The van der Waals surface area contributed by atoms with Crippen LogP contribution in [0.2, 0.25) is 0 Å². The van der Waals surface area contributed by atoms with E-state index < -0.39 is 11.9 Å². The molecule has 9 nitrogen and oxygen atoms in total. The number of esters is 1. The summed E-state index contributed by atoms with van der Waals surface area (Å²) in [5.41, 5.74) is 1.21. The highest BCUT2D eigenvalue weighted by Crippen LogP contribution is 2.33. The molecule has 0 radical (unpaired) electrons. The molecule has 28 heavy (non-hydrogen) atoms. The van der Waals surface area contributed by atoms with Crippen LogP contribution >= 0.6 is 0 Å². The molecule has 9 heteroatoms. The monoisotopic (exact) mass is 383 g/mol. The molecule has 3 rings (SSSR count). The van der Waals surface area contributed by atoms with Gasteiger partial charge >= 0.3 is 12.0 Å². The van der Waals surface area contributed by atoms with E-state index in [1.807, 2.05) is 0 Å². The van der Waals surface area contributed by atoms with Crippen molar-refractivity contribution >= 4 is 17.9 Å². The average Bonchev–Trinajstić information content (AvgIpc) is 3.20. The molecule has 0 saturated heterocycles. The van der Waals surface area contributed by atoms with Crippen molar-refractivity contribution in [3.8, 4) is 23.0 Å². The first kappa shape index (κ1) is 18.9. The minimum atomic E-state index is -0.484. The van der Waals surface area contributed by atoms with Gasteiger partial charge in [-0.25, -0.2) is 4.79 Å². The summed E-state index contributed by atoms with van der Waals surface area (Å²) in [7, 11) is 4.34. The quantitative estimate of drug-likeness (QED) is 0.647. The lowest BCUT2D eigenvalue weighted by molar-refractivity contribution is 0.0600. The number of amides is 1. The Morgan fingerprint density at radius 3 is 2.29 bits per heavy atom. The van der Waals surface area contributed by atoms with Crippen molar-refractivity contribution in [2.45, 2.75) is 0 Å². The molecule has 0 bridgehead atoms. The number of hydrogen-bond donors (Lipinski definition) is 1. The molecule has 0 spiro atoms. The van der Waals surface area contributed by atoms with Crippen molar-refractivity contribution < 1.29 is 28.2 Å². The fourth-order valence-electron chi connectivity index (χ4n) is 2.40. The Kier molecular flexibility index (Phi) is 5.54. The number of hydrogen-bond acceptors (Lipinski definition) is 8. The Bertz CT molecular complexity index is 997. The number of rotatable bonds is 6. The lowest BCUT2D eigenvalue weighted by Gasteiger charge is -2.07. The number of anilines is 1. The molecule has 2 aromatic carbocycles. The average molecular weight is 383 g/mol. The summed E-state index contributed by atoms with van der Waals surface area (Å²) >= 11 is 0. The highest BCUT2D eigenvalue weighted by atomic mass is 16.5. The van der Waals surface area contributed by atoms with Gasteiger partial charge in [-0.1, -0.05) is 5.10 Å². The minimum absolute atomic E-state index is 0.0742. The van der Waals surface area contributed by atoms with E-state index in [9.17, 15) is 9.59 Å². The highest BCUT2D eigenvalue weighted by Gasteiger charge is 2.17. The Morgan fingerprint density at radius 1 is 0.929 bits per heavy atom. The van der Waals surface area contributed by atoms with E-state index in [1.165, 1.54) is 38.5 Å². The van der Waals surface area contributed by atoms with Gasteiger partial charge in [-0.15, -0.1) is 5.10 Å². The van der Waals surface area contributed by atoms with Crippen molar-refractivity contribution in [1.82, 2.24) is 10.2 Å². The first-order chi connectivity index (χ1) is 13.5. The fraction of sp³-hybridized carbons (Fsp3) is 0.158. The Hall–Kier alpha value is -3.88. The van der Waals surface area contributed by atoms with E-state index in [0.717, 1.165) is 0 Å². The SMILES string of the molecule is COC(=O)c1ccc(C(=O)Nc2nnc(-c3ccc(OC)cc3OC)o2)cc1. The summed E-state index contributed by atoms with van der Waals surface area (Å²) in [6.07, 6.45) is 0. The van der Waals surface area contributed by atoms with Crippen molar-refractivity contribution in [2.24, 2.45) is 0 Å². The number of benzene rings is 2. The predicted octanol–water partition coefficient (Wildman–Crippen LogP) is 2.79. The summed E-state index contributed by atoms with van der Waals surface area (Å²) in [6, 6.07) is 11.0. The molecule has 1 aromatic heterocycles. The number of carbonyl (C=O) groups is 2. The Balaban J connectivity index is 1.76. The van der Waals surface area contributed by atoms with Crippen LogP contribution < -0.4 is 14.8 Å². The molecule has 1 N–H and O–H groups in total. The van der Waals surface area contributed by atoms with Crippen LogP contribution in [0.25, 0.3) is 11.5 Å². The second kappa shape index (κ2) is 8.21. The molecule has 0 aliphatic heterocycles. The Morgan fingerprint density at radius 2 is 1.64 bits per heavy atom. The molecular formula is C19H17N3O6. The van der Waals surface area contributed by atoms with Gasteiger partial charge in [0.1, 0.15) is 11.5 Å². The summed E-state index contributed by atoms with van der Waals surface area (Å²) in [6.45, 7) is 0. The number of methoxy groups -OCH3 is 3. The first-order valence-electron chi connectivity index (χ1n) is 8.11. The molecule has 0 fully saturated rings. The number of nitrogens with zero attached hydrogens (tertiary/aromatic N) is 2. The molecule has 1 heterocycles. The zero-order chi connectivity index (χ0) is 20.1. The first-order valence-corrected chi connectivity index (χ1v) is 8.11. The van der Waals surface area contributed by atoms with Gasteiger partial charge in [-0.05, 0) is 36.4 Å². The second-order valence-corrected chi connectivity index (χ2v) is 5.50. The van der Waals surface area contributed by atoms with E-state index in [2.05, 4.69) is 20.3 Å². The van der Waals surface area contributed by atoms with Crippen LogP contribution in [0.1, 0.15) is 20.7 Å². The van der Waals surface area contributed by atoms with Gasteiger partial charge in [-0.2, -0.15) is 0 Å². The van der Waals surface area contributed by atoms with Gasteiger partial charge in [0.05, 0.1) is 32.5 Å². The minimum Gasteiger partial charge on any atom is -0.497 e. The second-order valence-electron chi connectivity index (χ2n) is 5.50. The lowest BCUT2D eigenvalue weighted by Crippen LogP contribution is -2.12. The molecule has 0 unspecified atom stereocenters. The van der Waals surface area contributed by atoms with Crippen LogP contribution in [0.3, 0.4) is 0 Å². The van der Waals surface area contributed by atoms with E-state index >= 15 is 0 Å². The van der Waals surface area contributed by atoms with Crippen LogP contribution in [0.15, 0.2) is 46.9 Å². The van der Waals surface area contributed by atoms with Gasteiger partial charge in [0.2, 0.25) is 0 Å². The Labute approximate surface area is 160 Å². The van der Waals surface area contributed by atoms with Crippen molar-refractivity contribution in [1.29, 1.82) is 0 Å².